The minimum Gasteiger partial charge on any atom is -0.391 e. The Morgan fingerprint density at radius 2 is 2.39 bits per heavy atom. The highest BCUT2D eigenvalue weighted by Gasteiger charge is 2.12. The molecule has 0 aromatic carbocycles. The first-order valence-electron chi connectivity index (χ1n) is 5.89. The third kappa shape index (κ3) is 4.44. The van der Waals surface area contributed by atoms with Crippen molar-refractivity contribution >= 4 is 21.8 Å². The predicted octanol–water partition coefficient (Wildman–Crippen LogP) is 1.40. The van der Waals surface area contributed by atoms with Crippen molar-refractivity contribution in [1.82, 2.24) is 9.88 Å². The maximum atomic E-state index is 11.9. The van der Waals surface area contributed by atoms with Crippen LogP contribution in [0.4, 0.5) is 0 Å². The minimum atomic E-state index is -0.542. The number of nitrogens with one attached hydrogen (secondary N) is 1. The van der Waals surface area contributed by atoms with Crippen LogP contribution < -0.4 is 5.32 Å². The molecule has 0 radical (unpaired) electrons. The van der Waals surface area contributed by atoms with Gasteiger partial charge < -0.3 is 19.7 Å². The number of hydrogen-bond acceptors (Lipinski definition) is 3. The van der Waals surface area contributed by atoms with E-state index in [0.717, 1.165) is 11.0 Å². The molecular weight excluding hydrogens is 300 g/mol. The van der Waals surface area contributed by atoms with Crippen LogP contribution in [0.5, 0.6) is 0 Å². The number of aryl methyl sites for hydroxylation is 1. The highest BCUT2D eigenvalue weighted by atomic mass is 79.9. The average Bonchev–Trinajstić information content (AvgIpc) is 2.70. The first kappa shape index (κ1) is 15.2. The van der Waals surface area contributed by atoms with Gasteiger partial charge >= 0.3 is 0 Å². The lowest BCUT2D eigenvalue weighted by molar-refractivity contribution is 0.0587. The molecule has 2 N–H and O–H groups in total. The van der Waals surface area contributed by atoms with Gasteiger partial charge in [0.15, 0.2) is 0 Å². The fourth-order valence-electron chi connectivity index (χ4n) is 1.65. The number of methoxy groups -OCH3 is 1. The summed E-state index contributed by atoms with van der Waals surface area (Å²) in [5.41, 5.74) is 0.616. The molecule has 0 saturated heterocycles. The summed E-state index contributed by atoms with van der Waals surface area (Å²) in [7, 11) is 1.54. The van der Waals surface area contributed by atoms with Crippen molar-refractivity contribution in [1.29, 1.82) is 0 Å². The van der Waals surface area contributed by atoms with Gasteiger partial charge in [-0.15, -0.1) is 0 Å². The molecule has 1 amide bonds. The van der Waals surface area contributed by atoms with Crippen LogP contribution in [0.25, 0.3) is 0 Å². The van der Waals surface area contributed by atoms with Gasteiger partial charge in [-0.3, -0.25) is 4.79 Å². The van der Waals surface area contributed by atoms with E-state index in [1.165, 1.54) is 7.11 Å². The largest absolute Gasteiger partial charge is 0.391 e. The number of aliphatic hydroxyl groups excluding tert-OH is 1. The van der Waals surface area contributed by atoms with Gasteiger partial charge in [0.05, 0.1) is 12.7 Å². The Bertz CT molecular complexity index is 393. The van der Waals surface area contributed by atoms with Crippen molar-refractivity contribution in [3.05, 3.63) is 22.4 Å². The van der Waals surface area contributed by atoms with Crippen molar-refractivity contribution < 1.29 is 14.6 Å². The summed E-state index contributed by atoms with van der Waals surface area (Å²) >= 11 is 3.35. The molecule has 0 aliphatic heterocycles. The highest BCUT2D eigenvalue weighted by molar-refractivity contribution is 9.10. The van der Waals surface area contributed by atoms with Gasteiger partial charge in [-0.25, -0.2) is 0 Å². The summed E-state index contributed by atoms with van der Waals surface area (Å²) in [5.74, 6) is -0.132. The number of aromatic nitrogens is 1. The lowest BCUT2D eigenvalue weighted by Crippen LogP contribution is -2.29. The van der Waals surface area contributed by atoms with E-state index in [4.69, 9.17) is 4.74 Å². The number of carbonyl (C=O) groups excluding carboxylic acids is 1. The predicted molar refractivity (Wildman–Crippen MR) is 72.6 cm³/mol. The zero-order chi connectivity index (χ0) is 13.5. The molecule has 5 nitrogen and oxygen atoms in total. The van der Waals surface area contributed by atoms with E-state index in [-0.39, 0.29) is 12.5 Å². The van der Waals surface area contributed by atoms with Gasteiger partial charge in [-0.1, -0.05) is 0 Å². The fourth-order valence-corrected chi connectivity index (χ4v) is 2.11. The van der Waals surface area contributed by atoms with E-state index in [1.54, 1.807) is 6.07 Å². The van der Waals surface area contributed by atoms with Crippen molar-refractivity contribution in [2.75, 3.05) is 20.3 Å². The van der Waals surface area contributed by atoms with Gasteiger partial charge in [-0.2, -0.15) is 0 Å². The zero-order valence-corrected chi connectivity index (χ0v) is 12.2. The Kier molecular flexibility index (Phi) is 6.38. The third-order valence-electron chi connectivity index (χ3n) is 2.56. The van der Waals surface area contributed by atoms with E-state index < -0.39 is 6.10 Å². The van der Waals surface area contributed by atoms with Gasteiger partial charge in [0.1, 0.15) is 5.69 Å². The number of rotatable bonds is 7. The molecule has 18 heavy (non-hydrogen) atoms. The smallest absolute Gasteiger partial charge is 0.267 e. The average molecular weight is 319 g/mol. The number of carbonyl (C=O) groups is 1. The minimum absolute atomic E-state index is 0.132. The molecule has 1 atom stereocenters. The number of amides is 1. The Morgan fingerprint density at radius 3 is 3.00 bits per heavy atom. The summed E-state index contributed by atoms with van der Waals surface area (Å²) in [6, 6.07) is 1.78. The Hall–Kier alpha value is -0.850. The molecule has 1 rings (SSSR count). The van der Waals surface area contributed by atoms with Gasteiger partial charge in [-0.05, 0) is 35.3 Å². The van der Waals surface area contributed by atoms with Crippen molar-refractivity contribution in [3.63, 3.8) is 0 Å². The van der Waals surface area contributed by atoms with Crippen LogP contribution in [0.3, 0.4) is 0 Å². The Labute approximate surface area is 115 Å². The van der Waals surface area contributed by atoms with E-state index >= 15 is 0 Å². The van der Waals surface area contributed by atoms with Crippen molar-refractivity contribution in [2.45, 2.75) is 26.0 Å². The normalized spacial score (nSPS) is 12.4. The SMILES string of the molecule is CCn1cc(Br)cc1C(=O)NCCC(O)COC. The zero-order valence-electron chi connectivity index (χ0n) is 10.6. The molecular formula is C12H19BrN2O3. The van der Waals surface area contributed by atoms with Gasteiger partial charge in [0.2, 0.25) is 0 Å². The number of aliphatic hydroxyl groups is 1. The molecule has 0 saturated carbocycles. The second-order valence-corrected chi connectivity index (χ2v) is 4.90. The summed E-state index contributed by atoms with van der Waals surface area (Å²) in [4.78, 5) is 11.9. The van der Waals surface area contributed by atoms with Crippen molar-refractivity contribution in [2.24, 2.45) is 0 Å². The Balaban J connectivity index is 2.45. The van der Waals surface area contributed by atoms with Gasteiger partial charge in [0, 0.05) is 30.9 Å². The van der Waals surface area contributed by atoms with Crippen LogP contribution in [0.15, 0.2) is 16.7 Å². The van der Waals surface area contributed by atoms with E-state index in [1.807, 2.05) is 17.7 Å². The molecule has 0 aliphatic rings. The molecule has 0 spiro atoms. The monoisotopic (exact) mass is 318 g/mol. The highest BCUT2D eigenvalue weighted by Crippen LogP contribution is 2.14. The standard InChI is InChI=1S/C12H19BrN2O3/c1-3-15-7-9(13)6-11(15)12(17)14-5-4-10(16)8-18-2/h6-7,10,16H,3-5,8H2,1-2H3,(H,14,17). The summed E-state index contributed by atoms with van der Waals surface area (Å²) < 4.78 is 7.56. The maximum Gasteiger partial charge on any atom is 0.267 e. The molecule has 1 unspecified atom stereocenters. The second kappa shape index (κ2) is 7.56. The summed E-state index contributed by atoms with van der Waals surface area (Å²) in [6.07, 6.45) is 1.81. The number of ether oxygens (including phenoxy) is 1. The molecule has 0 bridgehead atoms. The number of hydrogen-bond donors (Lipinski definition) is 2. The van der Waals surface area contributed by atoms with Crippen LogP contribution in [0.1, 0.15) is 23.8 Å². The van der Waals surface area contributed by atoms with E-state index in [0.29, 0.717) is 18.7 Å². The molecule has 0 fully saturated rings. The summed E-state index contributed by atoms with van der Waals surface area (Å²) in [6.45, 7) is 3.43. The maximum absolute atomic E-state index is 11.9. The number of nitrogens with zero attached hydrogens (tertiary/aromatic N) is 1. The molecule has 1 aromatic rings. The van der Waals surface area contributed by atoms with Crippen LogP contribution >= 0.6 is 15.9 Å². The van der Waals surface area contributed by atoms with Crippen LogP contribution in [-0.4, -0.2) is 41.9 Å². The van der Waals surface area contributed by atoms with Gasteiger partial charge in [0.25, 0.3) is 5.91 Å². The number of halogens is 1. The molecule has 6 heteroatoms. The Morgan fingerprint density at radius 1 is 1.67 bits per heavy atom. The van der Waals surface area contributed by atoms with E-state index in [2.05, 4.69) is 21.2 Å². The van der Waals surface area contributed by atoms with Crippen molar-refractivity contribution in [3.8, 4) is 0 Å². The topological polar surface area (TPSA) is 63.5 Å². The second-order valence-electron chi connectivity index (χ2n) is 3.98. The lowest BCUT2D eigenvalue weighted by atomic mass is 10.2. The molecule has 102 valence electrons. The van der Waals surface area contributed by atoms with Crippen LogP contribution in [0.2, 0.25) is 0 Å². The third-order valence-corrected chi connectivity index (χ3v) is 2.99. The molecule has 0 aliphatic carbocycles. The quantitative estimate of drug-likeness (QED) is 0.798. The first-order chi connectivity index (χ1) is 8.58. The summed E-state index contributed by atoms with van der Waals surface area (Å²) in [5, 5.41) is 12.2. The molecule has 1 aromatic heterocycles. The fraction of sp³-hybridized carbons (Fsp3) is 0.583. The molecule has 1 heterocycles. The lowest BCUT2D eigenvalue weighted by Gasteiger charge is -2.11. The first-order valence-corrected chi connectivity index (χ1v) is 6.68. The van der Waals surface area contributed by atoms with E-state index in [9.17, 15) is 9.90 Å². The van der Waals surface area contributed by atoms with Crippen LogP contribution in [0, 0.1) is 0 Å². The van der Waals surface area contributed by atoms with Crippen LogP contribution in [-0.2, 0) is 11.3 Å².